The van der Waals surface area contributed by atoms with E-state index in [1.807, 2.05) is 60.7 Å². The first-order chi connectivity index (χ1) is 14.5. The normalized spacial score (nSPS) is 16.1. The van der Waals surface area contributed by atoms with Crippen LogP contribution in [-0.4, -0.2) is 24.8 Å². The third kappa shape index (κ3) is 3.48. The number of aromatic nitrogens is 1. The summed E-state index contributed by atoms with van der Waals surface area (Å²) in [5.74, 6) is 0.217. The van der Waals surface area contributed by atoms with Gasteiger partial charge in [-0.2, -0.15) is 0 Å². The Morgan fingerprint density at radius 1 is 1.13 bits per heavy atom. The highest BCUT2D eigenvalue weighted by Crippen LogP contribution is 2.30. The second-order valence-corrected chi connectivity index (χ2v) is 7.77. The molecule has 0 unspecified atom stereocenters. The number of hydrogen-bond donors (Lipinski definition) is 0. The number of fused-ring (bicyclic) bond motifs is 1. The Hall–Kier alpha value is -3.45. The van der Waals surface area contributed by atoms with Gasteiger partial charge in [-0.3, -0.25) is 9.36 Å². The summed E-state index contributed by atoms with van der Waals surface area (Å²) in [6, 6.07) is 16.3. The molecule has 1 atom stereocenters. The van der Waals surface area contributed by atoms with Crippen LogP contribution in [0.2, 0.25) is 0 Å². The van der Waals surface area contributed by atoms with Crippen molar-refractivity contribution in [1.29, 1.82) is 0 Å². The minimum absolute atomic E-state index is 0.204. The number of thiazole rings is 1. The summed E-state index contributed by atoms with van der Waals surface area (Å²) in [6.07, 6.45) is 1.81. The Morgan fingerprint density at radius 2 is 1.90 bits per heavy atom. The molecule has 7 heteroatoms. The monoisotopic (exact) mass is 420 g/mol. The second kappa shape index (κ2) is 8.12. The first-order valence-corrected chi connectivity index (χ1v) is 10.1. The molecule has 1 aliphatic heterocycles. The number of benzene rings is 2. The van der Waals surface area contributed by atoms with E-state index in [4.69, 9.17) is 9.47 Å². The topological polar surface area (TPSA) is 69.9 Å². The first-order valence-electron chi connectivity index (χ1n) is 9.33. The summed E-state index contributed by atoms with van der Waals surface area (Å²) in [5.41, 5.74) is 2.37. The molecule has 2 heterocycles. The fourth-order valence-corrected chi connectivity index (χ4v) is 4.57. The zero-order valence-corrected chi connectivity index (χ0v) is 17.6. The van der Waals surface area contributed by atoms with Gasteiger partial charge in [0.2, 0.25) is 0 Å². The van der Waals surface area contributed by atoms with Crippen LogP contribution in [0, 0.1) is 0 Å². The summed E-state index contributed by atoms with van der Waals surface area (Å²) in [7, 11) is 2.93. The highest BCUT2D eigenvalue weighted by atomic mass is 32.1. The molecule has 1 aromatic heterocycles. The van der Waals surface area contributed by atoms with Crippen molar-refractivity contribution in [3.8, 4) is 5.75 Å². The molecular weight excluding hydrogens is 400 g/mol. The number of hydrogen-bond acceptors (Lipinski definition) is 6. The van der Waals surface area contributed by atoms with Crippen LogP contribution in [0.5, 0.6) is 5.75 Å². The zero-order chi connectivity index (χ0) is 21.3. The lowest BCUT2D eigenvalue weighted by Gasteiger charge is -2.24. The van der Waals surface area contributed by atoms with Gasteiger partial charge < -0.3 is 9.47 Å². The third-order valence-corrected chi connectivity index (χ3v) is 5.92. The molecule has 0 fully saturated rings. The molecule has 1 aliphatic rings. The zero-order valence-electron chi connectivity index (χ0n) is 16.8. The number of carbonyl (C=O) groups excluding carboxylic acids is 1. The van der Waals surface area contributed by atoms with Gasteiger partial charge in [-0.05, 0) is 36.3 Å². The molecule has 0 saturated carbocycles. The van der Waals surface area contributed by atoms with Crippen molar-refractivity contribution in [1.82, 2.24) is 4.57 Å². The van der Waals surface area contributed by atoms with Crippen molar-refractivity contribution < 1.29 is 14.3 Å². The first kappa shape index (κ1) is 19.8. The van der Waals surface area contributed by atoms with E-state index >= 15 is 0 Å². The van der Waals surface area contributed by atoms with Crippen molar-refractivity contribution in [2.24, 2.45) is 4.99 Å². The Bertz CT molecular complexity index is 1320. The molecule has 0 radical (unpaired) electrons. The van der Waals surface area contributed by atoms with E-state index in [9.17, 15) is 9.59 Å². The van der Waals surface area contributed by atoms with Gasteiger partial charge in [0.1, 0.15) is 5.75 Å². The van der Waals surface area contributed by atoms with Crippen LogP contribution >= 0.6 is 11.3 Å². The van der Waals surface area contributed by atoms with Gasteiger partial charge in [0.15, 0.2) is 4.80 Å². The molecule has 4 rings (SSSR count). The molecule has 0 amide bonds. The van der Waals surface area contributed by atoms with Crippen LogP contribution < -0.4 is 19.6 Å². The number of nitrogens with zero attached hydrogens (tertiary/aromatic N) is 2. The maximum Gasteiger partial charge on any atom is 0.338 e. The number of esters is 1. The number of methoxy groups -OCH3 is 2. The number of allylic oxidation sites excluding steroid dienone is 1. The molecule has 6 nitrogen and oxygen atoms in total. The maximum absolute atomic E-state index is 13.4. The van der Waals surface area contributed by atoms with E-state index in [0.29, 0.717) is 26.4 Å². The van der Waals surface area contributed by atoms with Crippen LogP contribution in [0.1, 0.15) is 24.1 Å². The molecule has 3 aromatic rings. The summed E-state index contributed by atoms with van der Waals surface area (Å²) in [5, 5.41) is 0. The Balaban J connectivity index is 1.96. The van der Waals surface area contributed by atoms with E-state index < -0.39 is 12.0 Å². The van der Waals surface area contributed by atoms with E-state index in [1.54, 1.807) is 18.6 Å². The minimum Gasteiger partial charge on any atom is -0.497 e. The van der Waals surface area contributed by atoms with Crippen LogP contribution in [0.3, 0.4) is 0 Å². The molecule has 0 spiro atoms. The van der Waals surface area contributed by atoms with E-state index in [0.717, 1.165) is 11.1 Å². The lowest BCUT2D eigenvalue weighted by atomic mass is 9.96. The Labute approximate surface area is 177 Å². The minimum atomic E-state index is -0.595. The Kier molecular flexibility index (Phi) is 5.37. The van der Waals surface area contributed by atoms with Gasteiger partial charge in [-0.15, -0.1) is 0 Å². The predicted octanol–water partition coefficient (Wildman–Crippen LogP) is 2.42. The second-order valence-electron chi connectivity index (χ2n) is 6.76. The van der Waals surface area contributed by atoms with Gasteiger partial charge in [0, 0.05) is 0 Å². The van der Waals surface area contributed by atoms with Crippen molar-refractivity contribution in [2.75, 3.05) is 14.2 Å². The number of carbonyl (C=O) groups is 1. The summed E-state index contributed by atoms with van der Waals surface area (Å²) in [4.78, 5) is 31.1. The van der Waals surface area contributed by atoms with Crippen LogP contribution in [0.25, 0.3) is 6.08 Å². The summed E-state index contributed by atoms with van der Waals surface area (Å²) >= 11 is 1.29. The standard InChI is InChI=1S/C23H20N2O4S/c1-14-19(22(27)29-3)20(16-9-5-4-6-10-16)25-21(26)18(30-23(25)24-14)13-15-8-7-11-17(12-15)28-2/h4-13,20H,1-3H3/b18-13+/t20-/m1/s1. The lowest BCUT2D eigenvalue weighted by Crippen LogP contribution is -2.39. The summed E-state index contributed by atoms with van der Waals surface area (Å²) < 4.78 is 12.4. The van der Waals surface area contributed by atoms with Crippen LogP contribution in [-0.2, 0) is 9.53 Å². The molecule has 0 saturated heterocycles. The quantitative estimate of drug-likeness (QED) is 0.608. The fraction of sp³-hybridized carbons (Fsp3) is 0.174. The number of ether oxygens (including phenoxy) is 2. The van der Waals surface area contributed by atoms with Gasteiger partial charge in [0.25, 0.3) is 5.56 Å². The largest absolute Gasteiger partial charge is 0.497 e. The Morgan fingerprint density at radius 3 is 2.60 bits per heavy atom. The van der Waals surface area contributed by atoms with Gasteiger partial charge in [-0.1, -0.05) is 53.8 Å². The number of rotatable bonds is 4. The van der Waals surface area contributed by atoms with Crippen molar-refractivity contribution in [2.45, 2.75) is 13.0 Å². The highest BCUT2D eigenvalue weighted by Gasteiger charge is 2.32. The molecule has 30 heavy (non-hydrogen) atoms. The highest BCUT2D eigenvalue weighted by molar-refractivity contribution is 7.07. The molecule has 2 aromatic carbocycles. The van der Waals surface area contributed by atoms with E-state index in [2.05, 4.69) is 4.99 Å². The predicted molar refractivity (Wildman–Crippen MR) is 115 cm³/mol. The maximum atomic E-state index is 13.4. The summed E-state index contributed by atoms with van der Waals surface area (Å²) in [6.45, 7) is 1.77. The average Bonchev–Trinajstić information content (AvgIpc) is 3.07. The fourth-order valence-electron chi connectivity index (χ4n) is 3.53. The lowest BCUT2D eigenvalue weighted by molar-refractivity contribution is -0.136. The van der Waals surface area contributed by atoms with Crippen LogP contribution in [0.15, 0.2) is 75.7 Å². The molecule has 0 aliphatic carbocycles. The van der Waals surface area contributed by atoms with Crippen molar-refractivity contribution in [3.63, 3.8) is 0 Å². The van der Waals surface area contributed by atoms with Gasteiger partial charge in [-0.25, -0.2) is 9.79 Å². The molecule has 0 N–H and O–H groups in total. The average molecular weight is 420 g/mol. The molecule has 152 valence electrons. The van der Waals surface area contributed by atoms with Crippen LogP contribution in [0.4, 0.5) is 0 Å². The molecule has 0 bridgehead atoms. The SMILES string of the molecule is COC(=O)C1=C(C)N=c2s/c(=C/c3cccc(OC)c3)c(=O)n2[C@@H]1c1ccccc1. The smallest absolute Gasteiger partial charge is 0.338 e. The van der Waals surface area contributed by atoms with Gasteiger partial charge >= 0.3 is 5.97 Å². The van der Waals surface area contributed by atoms with E-state index in [1.165, 1.54) is 18.4 Å². The third-order valence-electron chi connectivity index (χ3n) is 4.93. The van der Waals surface area contributed by atoms with Gasteiger partial charge in [0.05, 0.1) is 36.1 Å². The molecular formula is C23H20N2O4S. The van der Waals surface area contributed by atoms with E-state index in [-0.39, 0.29) is 5.56 Å². The van der Waals surface area contributed by atoms with Crippen molar-refractivity contribution >= 4 is 23.4 Å². The van der Waals surface area contributed by atoms with Crippen molar-refractivity contribution in [3.05, 3.63) is 96.7 Å².